The molecule has 27 heavy (non-hydrogen) atoms. The lowest BCUT2D eigenvalue weighted by Gasteiger charge is -2.41. The average molecular weight is 381 g/mol. The highest BCUT2D eigenvalue weighted by molar-refractivity contribution is 6.94. The van der Waals surface area contributed by atoms with Crippen LogP contribution in [0.1, 0.15) is 45.6 Å². The first-order chi connectivity index (χ1) is 13.1. The fourth-order valence-corrected chi connectivity index (χ4v) is 11.7. The van der Waals surface area contributed by atoms with E-state index < -0.39 is 8.07 Å². The molecule has 0 bridgehead atoms. The molecule has 1 nitrogen and oxygen atoms in total. The fourth-order valence-electron chi connectivity index (χ4n) is 5.85. The zero-order valence-corrected chi connectivity index (χ0v) is 18.6. The van der Waals surface area contributed by atoms with Crippen molar-refractivity contribution in [3.8, 4) is 5.75 Å². The molecule has 0 radical (unpaired) electrons. The number of benzene rings is 1. The van der Waals surface area contributed by atoms with Crippen molar-refractivity contribution in [2.45, 2.75) is 64.6 Å². The number of hydrogen-bond donors (Lipinski definition) is 0. The molecule has 0 aromatic heterocycles. The summed E-state index contributed by atoms with van der Waals surface area (Å²) in [6, 6.07) is 9.41. The number of hydrogen-bond acceptors (Lipinski definition) is 1. The van der Waals surface area contributed by atoms with E-state index in [0.717, 1.165) is 23.1 Å². The molecule has 0 spiro atoms. The quantitative estimate of drug-likeness (QED) is 0.366. The molecule has 1 aromatic rings. The van der Waals surface area contributed by atoms with Gasteiger partial charge in [0.25, 0.3) is 0 Å². The molecule has 1 saturated carbocycles. The minimum Gasteiger partial charge on any atom is -0.489 e. The van der Waals surface area contributed by atoms with E-state index in [1.54, 1.807) is 10.8 Å². The van der Waals surface area contributed by atoms with Crippen molar-refractivity contribution in [3.05, 3.63) is 60.2 Å². The lowest BCUT2D eigenvalue weighted by molar-refractivity contribution is 0.363. The van der Waals surface area contributed by atoms with Crippen molar-refractivity contribution < 1.29 is 4.74 Å². The van der Waals surface area contributed by atoms with E-state index >= 15 is 0 Å². The molecular weight excluding hydrogens is 344 g/mol. The van der Waals surface area contributed by atoms with E-state index in [2.05, 4.69) is 70.7 Å². The maximum atomic E-state index is 6.27. The van der Waals surface area contributed by atoms with Gasteiger partial charge in [-0.1, -0.05) is 93.9 Å². The van der Waals surface area contributed by atoms with Crippen LogP contribution < -0.4 is 9.92 Å². The Balaban J connectivity index is 2.16. The Morgan fingerprint density at radius 3 is 2.67 bits per heavy atom. The maximum absolute atomic E-state index is 6.27. The predicted octanol–water partition coefficient (Wildman–Crippen LogP) is 6.56. The Bertz CT molecular complexity index is 726. The van der Waals surface area contributed by atoms with Crippen LogP contribution in [0.15, 0.2) is 54.7 Å². The van der Waals surface area contributed by atoms with Gasteiger partial charge in [-0.2, -0.15) is 0 Å². The van der Waals surface area contributed by atoms with Gasteiger partial charge in [-0.3, -0.25) is 0 Å². The van der Waals surface area contributed by atoms with Gasteiger partial charge in [0.2, 0.25) is 0 Å². The summed E-state index contributed by atoms with van der Waals surface area (Å²) in [7, 11) is -1.77. The number of aryl methyl sites for hydroxylation is 1. The summed E-state index contributed by atoms with van der Waals surface area (Å²) >= 11 is 0. The minimum atomic E-state index is -1.77. The van der Waals surface area contributed by atoms with Crippen LogP contribution in [0.5, 0.6) is 5.75 Å². The Morgan fingerprint density at radius 2 is 2.00 bits per heavy atom. The molecule has 1 fully saturated rings. The highest BCUT2D eigenvalue weighted by Gasteiger charge is 2.51. The number of para-hydroxylation sites is 1. The van der Waals surface area contributed by atoms with E-state index in [0.29, 0.717) is 6.61 Å². The van der Waals surface area contributed by atoms with Crippen LogP contribution in [0.4, 0.5) is 0 Å². The van der Waals surface area contributed by atoms with Gasteiger partial charge in [-0.25, -0.2) is 0 Å². The molecule has 0 amide bonds. The summed E-state index contributed by atoms with van der Waals surface area (Å²) < 4.78 is 6.27. The van der Waals surface area contributed by atoms with Crippen molar-refractivity contribution in [1.29, 1.82) is 0 Å². The van der Waals surface area contributed by atoms with Gasteiger partial charge in [0.05, 0.1) is 8.07 Å². The van der Waals surface area contributed by atoms with Crippen molar-refractivity contribution in [2.75, 3.05) is 6.61 Å². The highest BCUT2D eigenvalue weighted by Crippen LogP contribution is 2.56. The Hall–Kier alpha value is -1.54. The van der Waals surface area contributed by atoms with Crippen LogP contribution in [0.25, 0.3) is 0 Å². The largest absolute Gasteiger partial charge is 0.489 e. The predicted molar refractivity (Wildman–Crippen MR) is 121 cm³/mol. The standard InChI is InChI=1S/C25H36OSi/c1-6-17-26-24-19(5)13-12-16-23(24)27(8-3,9-4)25-20(7-2)18-21-14-10-11-15-22(21)25/h6,10-13,15-16,20-21,25H,1,7-9,14,17-18H2,2-5H3. The van der Waals surface area contributed by atoms with Crippen molar-refractivity contribution in [3.63, 3.8) is 0 Å². The summed E-state index contributed by atoms with van der Waals surface area (Å²) in [5.74, 6) is 2.75. The number of ether oxygens (including phenoxy) is 1. The summed E-state index contributed by atoms with van der Waals surface area (Å²) in [5, 5.41) is 1.55. The minimum absolute atomic E-state index is 0.589. The number of fused-ring (bicyclic) bond motifs is 1. The van der Waals surface area contributed by atoms with Crippen molar-refractivity contribution >= 4 is 13.3 Å². The molecule has 1 aromatic carbocycles. The Kier molecular flexibility index (Phi) is 6.47. The second-order valence-corrected chi connectivity index (χ2v) is 13.2. The molecule has 2 aliphatic rings. The molecule has 3 atom stereocenters. The number of rotatable bonds is 8. The lowest BCUT2D eigenvalue weighted by Crippen LogP contribution is -2.53. The molecule has 0 N–H and O–H groups in total. The summed E-state index contributed by atoms with van der Waals surface area (Å²) in [5.41, 5.74) is 3.78. The lowest BCUT2D eigenvalue weighted by atomic mass is 9.94. The molecule has 146 valence electrons. The molecule has 3 rings (SSSR count). The molecule has 0 heterocycles. The van der Waals surface area contributed by atoms with Gasteiger partial charge >= 0.3 is 0 Å². The van der Waals surface area contributed by atoms with Crippen LogP contribution in [-0.4, -0.2) is 14.7 Å². The SMILES string of the molecule is C=CCOc1c(C)cccc1[Si](CC)(CC)C1C2=CC=CCC2CC1CC. The van der Waals surface area contributed by atoms with Gasteiger partial charge < -0.3 is 4.74 Å². The third-order valence-corrected chi connectivity index (χ3v) is 13.2. The van der Waals surface area contributed by atoms with Crippen molar-refractivity contribution in [1.82, 2.24) is 0 Å². The van der Waals surface area contributed by atoms with Crippen LogP contribution >= 0.6 is 0 Å². The van der Waals surface area contributed by atoms with Crippen molar-refractivity contribution in [2.24, 2.45) is 11.8 Å². The van der Waals surface area contributed by atoms with E-state index in [4.69, 9.17) is 4.74 Å². The molecular formula is C25H36OSi. The van der Waals surface area contributed by atoms with Crippen LogP contribution in [0.2, 0.25) is 17.6 Å². The number of allylic oxidation sites excluding steroid dienone is 4. The second-order valence-electron chi connectivity index (χ2n) is 8.32. The first-order valence-corrected chi connectivity index (χ1v) is 13.3. The van der Waals surface area contributed by atoms with E-state index in [1.165, 1.54) is 36.9 Å². The molecule has 0 saturated heterocycles. The normalized spacial score (nSPS) is 24.4. The van der Waals surface area contributed by atoms with Gasteiger partial charge in [-0.05, 0) is 47.9 Å². The third kappa shape index (κ3) is 3.49. The van der Waals surface area contributed by atoms with Gasteiger partial charge in [0.15, 0.2) is 0 Å². The van der Waals surface area contributed by atoms with Gasteiger partial charge in [0, 0.05) is 0 Å². The highest BCUT2D eigenvalue weighted by atomic mass is 28.3. The van der Waals surface area contributed by atoms with E-state index in [-0.39, 0.29) is 0 Å². The topological polar surface area (TPSA) is 9.23 Å². The monoisotopic (exact) mass is 380 g/mol. The first kappa shape index (κ1) is 20.2. The Labute approximate surface area is 167 Å². The Morgan fingerprint density at radius 1 is 1.22 bits per heavy atom. The third-order valence-electron chi connectivity index (χ3n) is 7.21. The van der Waals surface area contributed by atoms with Gasteiger partial charge in [0.1, 0.15) is 12.4 Å². The van der Waals surface area contributed by atoms with Crippen LogP contribution in [0.3, 0.4) is 0 Å². The van der Waals surface area contributed by atoms with Crippen LogP contribution in [0, 0.1) is 18.8 Å². The molecule has 0 aliphatic heterocycles. The van der Waals surface area contributed by atoms with E-state index in [9.17, 15) is 0 Å². The summed E-state index contributed by atoms with van der Waals surface area (Å²) in [4.78, 5) is 0. The summed E-state index contributed by atoms with van der Waals surface area (Å²) in [6.45, 7) is 13.9. The maximum Gasteiger partial charge on any atom is 0.121 e. The van der Waals surface area contributed by atoms with Gasteiger partial charge in [-0.15, -0.1) is 0 Å². The second kappa shape index (κ2) is 8.64. The zero-order valence-electron chi connectivity index (χ0n) is 17.6. The molecule has 2 aliphatic carbocycles. The van der Waals surface area contributed by atoms with E-state index in [1.807, 2.05) is 6.08 Å². The fraction of sp³-hybridized carbons (Fsp3) is 0.520. The average Bonchev–Trinajstić information content (AvgIpc) is 3.08. The molecule has 3 unspecified atom stereocenters. The zero-order chi connectivity index (χ0) is 19.4. The summed E-state index contributed by atoms with van der Waals surface area (Å²) in [6.07, 6.45) is 12.9. The smallest absolute Gasteiger partial charge is 0.121 e. The van der Waals surface area contributed by atoms with Crippen LogP contribution in [-0.2, 0) is 0 Å². The molecule has 2 heteroatoms. The first-order valence-electron chi connectivity index (χ1n) is 10.8.